The zero-order chi connectivity index (χ0) is 13.9. The molecule has 0 spiro atoms. The van der Waals surface area contributed by atoms with Gasteiger partial charge in [-0.15, -0.1) is 11.8 Å². The van der Waals surface area contributed by atoms with Crippen molar-refractivity contribution in [1.82, 2.24) is 10.6 Å². The predicted octanol–water partition coefficient (Wildman–Crippen LogP) is 2.59. The zero-order valence-electron chi connectivity index (χ0n) is 11.8. The van der Waals surface area contributed by atoms with E-state index in [1.54, 1.807) is 7.05 Å². The Hall–Kier alpha value is -1.00. The minimum atomic E-state index is -0.381. The fourth-order valence-corrected chi connectivity index (χ4v) is 3.48. The Morgan fingerprint density at radius 2 is 2.16 bits per heavy atom. The van der Waals surface area contributed by atoms with Crippen molar-refractivity contribution in [2.45, 2.75) is 31.2 Å². The van der Waals surface area contributed by atoms with Crippen LogP contribution in [-0.2, 0) is 4.79 Å². The Balaban J connectivity index is 2.04. The molecule has 19 heavy (non-hydrogen) atoms. The van der Waals surface area contributed by atoms with E-state index in [1.807, 2.05) is 25.6 Å². The zero-order valence-corrected chi connectivity index (χ0v) is 12.6. The number of carbonyl (C=O) groups excluding carboxylic acids is 1. The maximum atomic E-state index is 11.8. The van der Waals surface area contributed by atoms with Gasteiger partial charge in [0.25, 0.3) is 0 Å². The average Bonchev–Trinajstić information content (AvgIpc) is 2.44. The van der Waals surface area contributed by atoms with Crippen LogP contribution in [0.25, 0.3) is 0 Å². The van der Waals surface area contributed by atoms with Crippen LogP contribution in [0.3, 0.4) is 0 Å². The smallest absolute Gasteiger partial charge is 0.226 e. The predicted molar refractivity (Wildman–Crippen MR) is 80.4 cm³/mol. The number of carbonyl (C=O) groups is 1. The number of rotatable bonds is 4. The van der Waals surface area contributed by atoms with Gasteiger partial charge in [-0.3, -0.25) is 4.79 Å². The number of hydrogen-bond acceptors (Lipinski definition) is 3. The van der Waals surface area contributed by atoms with Crippen molar-refractivity contribution < 1.29 is 4.79 Å². The van der Waals surface area contributed by atoms with Crippen molar-refractivity contribution in [1.29, 1.82) is 0 Å². The number of benzene rings is 1. The van der Waals surface area contributed by atoms with Gasteiger partial charge in [0, 0.05) is 24.5 Å². The second-order valence-corrected chi connectivity index (χ2v) is 6.71. The second-order valence-electron chi connectivity index (χ2n) is 5.57. The van der Waals surface area contributed by atoms with Crippen LogP contribution in [0.5, 0.6) is 0 Å². The van der Waals surface area contributed by atoms with E-state index in [1.165, 1.54) is 10.5 Å². The highest BCUT2D eigenvalue weighted by atomic mass is 32.2. The Morgan fingerprint density at radius 3 is 2.89 bits per heavy atom. The first-order valence-electron chi connectivity index (χ1n) is 6.72. The van der Waals surface area contributed by atoms with Crippen LogP contribution in [0, 0.1) is 5.41 Å². The molecule has 3 nitrogen and oxygen atoms in total. The molecule has 1 aromatic rings. The van der Waals surface area contributed by atoms with Gasteiger partial charge in [-0.2, -0.15) is 0 Å². The minimum Gasteiger partial charge on any atom is -0.359 e. The summed E-state index contributed by atoms with van der Waals surface area (Å²) in [4.78, 5) is 13.2. The van der Waals surface area contributed by atoms with Crippen LogP contribution in [0.2, 0.25) is 0 Å². The molecular weight excluding hydrogens is 256 g/mol. The molecule has 0 fully saturated rings. The lowest BCUT2D eigenvalue weighted by Crippen LogP contribution is -2.43. The van der Waals surface area contributed by atoms with E-state index in [0.29, 0.717) is 12.6 Å². The van der Waals surface area contributed by atoms with Crippen LogP contribution in [-0.4, -0.2) is 25.3 Å². The number of fused-ring (bicyclic) bond motifs is 1. The number of thioether (sulfide) groups is 1. The highest BCUT2D eigenvalue weighted by molar-refractivity contribution is 7.99. The lowest BCUT2D eigenvalue weighted by Gasteiger charge is -2.30. The first kappa shape index (κ1) is 14.4. The fraction of sp³-hybridized carbons (Fsp3) is 0.533. The second kappa shape index (κ2) is 5.97. The van der Waals surface area contributed by atoms with Gasteiger partial charge in [0.2, 0.25) is 5.91 Å². The largest absolute Gasteiger partial charge is 0.359 e. The van der Waals surface area contributed by atoms with Gasteiger partial charge >= 0.3 is 0 Å². The lowest BCUT2D eigenvalue weighted by atomic mass is 9.91. The Morgan fingerprint density at radius 1 is 1.42 bits per heavy atom. The topological polar surface area (TPSA) is 41.1 Å². The van der Waals surface area contributed by atoms with E-state index >= 15 is 0 Å². The van der Waals surface area contributed by atoms with Crippen LogP contribution in [0.1, 0.15) is 31.9 Å². The molecule has 1 heterocycles. The third-order valence-electron chi connectivity index (χ3n) is 3.59. The molecule has 0 saturated heterocycles. The summed E-state index contributed by atoms with van der Waals surface area (Å²) in [6.45, 7) is 4.64. The molecule has 1 atom stereocenters. The van der Waals surface area contributed by atoms with Crippen molar-refractivity contribution in [3.05, 3.63) is 29.8 Å². The van der Waals surface area contributed by atoms with Gasteiger partial charge in [-0.05, 0) is 37.7 Å². The summed E-state index contributed by atoms with van der Waals surface area (Å²) in [5.41, 5.74) is 0.986. The molecule has 1 aromatic carbocycles. The van der Waals surface area contributed by atoms with Gasteiger partial charge in [-0.25, -0.2) is 0 Å². The summed E-state index contributed by atoms with van der Waals surface area (Å²) in [7, 11) is 1.69. The first-order valence-corrected chi connectivity index (χ1v) is 7.70. The molecule has 0 radical (unpaired) electrons. The summed E-state index contributed by atoms with van der Waals surface area (Å²) < 4.78 is 0. The molecule has 2 N–H and O–H groups in total. The standard InChI is InChI=1S/C15H22N2OS/c1-15(2,14(18)16-3)10-17-12-8-9-19-13-7-5-4-6-11(12)13/h4-7,12,17H,8-10H2,1-3H3,(H,16,18). The SMILES string of the molecule is CNC(=O)C(C)(C)CNC1CCSc2ccccc21. The molecule has 0 bridgehead atoms. The lowest BCUT2D eigenvalue weighted by molar-refractivity contribution is -0.128. The van der Waals surface area contributed by atoms with Gasteiger partial charge < -0.3 is 10.6 Å². The maximum absolute atomic E-state index is 11.8. The van der Waals surface area contributed by atoms with Crippen molar-refractivity contribution in [3.8, 4) is 0 Å². The van der Waals surface area contributed by atoms with Crippen molar-refractivity contribution in [2.75, 3.05) is 19.3 Å². The molecule has 2 rings (SSSR count). The summed E-state index contributed by atoms with van der Waals surface area (Å²) in [6.07, 6.45) is 1.12. The van der Waals surface area contributed by atoms with Crippen molar-refractivity contribution >= 4 is 17.7 Å². The van der Waals surface area contributed by atoms with Gasteiger partial charge in [-0.1, -0.05) is 18.2 Å². The van der Waals surface area contributed by atoms with Gasteiger partial charge in [0.15, 0.2) is 0 Å². The molecule has 0 aliphatic carbocycles. The summed E-state index contributed by atoms with van der Waals surface area (Å²) >= 11 is 1.92. The molecule has 1 aliphatic heterocycles. The van der Waals surface area contributed by atoms with Crippen LogP contribution in [0.4, 0.5) is 0 Å². The normalized spacial score (nSPS) is 18.8. The highest BCUT2D eigenvalue weighted by Gasteiger charge is 2.28. The summed E-state index contributed by atoms with van der Waals surface area (Å²) in [6, 6.07) is 8.90. The summed E-state index contributed by atoms with van der Waals surface area (Å²) in [5, 5.41) is 6.29. The van der Waals surface area contributed by atoms with Crippen LogP contribution < -0.4 is 10.6 Å². The Kier molecular flexibility index (Phi) is 4.53. The number of amides is 1. The molecule has 0 saturated carbocycles. The molecule has 1 unspecified atom stereocenters. The molecular formula is C15H22N2OS. The minimum absolute atomic E-state index is 0.0819. The Labute approximate surface area is 119 Å². The van der Waals surface area contributed by atoms with Crippen LogP contribution >= 0.6 is 11.8 Å². The third kappa shape index (κ3) is 3.31. The molecule has 0 aromatic heterocycles. The third-order valence-corrected chi connectivity index (χ3v) is 4.71. The van der Waals surface area contributed by atoms with Crippen molar-refractivity contribution in [2.24, 2.45) is 5.41 Å². The van der Waals surface area contributed by atoms with E-state index in [0.717, 1.165) is 12.2 Å². The quantitative estimate of drug-likeness (QED) is 0.889. The van der Waals surface area contributed by atoms with Crippen LogP contribution in [0.15, 0.2) is 29.2 Å². The van der Waals surface area contributed by atoms with E-state index in [-0.39, 0.29) is 11.3 Å². The monoisotopic (exact) mass is 278 g/mol. The Bertz CT molecular complexity index is 459. The molecule has 1 aliphatic rings. The van der Waals surface area contributed by atoms with E-state index in [4.69, 9.17) is 0 Å². The number of hydrogen-bond donors (Lipinski definition) is 2. The van der Waals surface area contributed by atoms with Gasteiger partial charge in [0.05, 0.1) is 5.41 Å². The molecule has 4 heteroatoms. The average molecular weight is 278 g/mol. The van der Waals surface area contributed by atoms with Gasteiger partial charge in [0.1, 0.15) is 0 Å². The molecule has 1 amide bonds. The number of nitrogens with one attached hydrogen (secondary N) is 2. The first-order chi connectivity index (χ1) is 9.04. The summed E-state index contributed by atoms with van der Waals surface area (Å²) in [5.74, 6) is 1.22. The van der Waals surface area contributed by atoms with E-state index < -0.39 is 0 Å². The maximum Gasteiger partial charge on any atom is 0.226 e. The van der Waals surface area contributed by atoms with Crippen molar-refractivity contribution in [3.63, 3.8) is 0 Å². The fourth-order valence-electron chi connectivity index (χ4n) is 2.35. The highest BCUT2D eigenvalue weighted by Crippen LogP contribution is 2.36. The van der Waals surface area contributed by atoms with E-state index in [2.05, 4.69) is 34.9 Å². The molecule has 104 valence electrons. The van der Waals surface area contributed by atoms with E-state index in [9.17, 15) is 4.79 Å².